The van der Waals surface area contributed by atoms with Gasteiger partial charge in [-0.05, 0) is 42.8 Å². The van der Waals surface area contributed by atoms with Gasteiger partial charge in [-0.3, -0.25) is 5.32 Å². The first-order valence-electron chi connectivity index (χ1n) is 8.23. The Kier molecular flexibility index (Phi) is 7.33. The van der Waals surface area contributed by atoms with Crippen molar-refractivity contribution >= 4 is 63.0 Å². The highest BCUT2D eigenvalue weighted by Gasteiger charge is 2.09. The van der Waals surface area contributed by atoms with Crippen LogP contribution in [-0.2, 0) is 6.42 Å². The SMILES string of the molecule is O=C(Nc1cccc(Cl)c1)Nc1nnc(CCCOc2ccc(Cl)cc2Cl)s1. The number of benzene rings is 2. The van der Waals surface area contributed by atoms with Gasteiger partial charge in [-0.2, -0.15) is 0 Å². The van der Waals surface area contributed by atoms with Crippen molar-refractivity contribution < 1.29 is 9.53 Å². The quantitative estimate of drug-likeness (QED) is 0.417. The van der Waals surface area contributed by atoms with Crippen LogP contribution in [-0.4, -0.2) is 22.8 Å². The number of rotatable bonds is 7. The summed E-state index contributed by atoms with van der Waals surface area (Å²) in [4.78, 5) is 12.0. The summed E-state index contributed by atoms with van der Waals surface area (Å²) in [5.41, 5.74) is 0.591. The minimum absolute atomic E-state index is 0.411. The van der Waals surface area contributed by atoms with Crippen LogP contribution in [0, 0.1) is 0 Å². The zero-order chi connectivity index (χ0) is 19.9. The van der Waals surface area contributed by atoms with Crippen LogP contribution in [0.5, 0.6) is 5.75 Å². The number of aromatic nitrogens is 2. The van der Waals surface area contributed by atoms with E-state index in [2.05, 4.69) is 20.8 Å². The first-order valence-corrected chi connectivity index (χ1v) is 10.2. The normalized spacial score (nSPS) is 10.5. The molecule has 2 N–H and O–H groups in total. The van der Waals surface area contributed by atoms with Crippen molar-refractivity contribution in [2.24, 2.45) is 0 Å². The van der Waals surface area contributed by atoms with Crippen molar-refractivity contribution in [3.8, 4) is 5.75 Å². The van der Waals surface area contributed by atoms with Gasteiger partial charge < -0.3 is 10.1 Å². The molecule has 0 unspecified atom stereocenters. The van der Waals surface area contributed by atoms with Crippen LogP contribution in [0.4, 0.5) is 15.6 Å². The minimum atomic E-state index is -0.411. The number of nitrogens with zero attached hydrogens (tertiary/aromatic N) is 2. The Hall–Kier alpha value is -2.06. The predicted molar refractivity (Wildman–Crippen MR) is 114 cm³/mol. The maximum Gasteiger partial charge on any atom is 0.325 e. The molecule has 0 aliphatic carbocycles. The molecule has 3 rings (SSSR count). The molecule has 0 spiro atoms. The van der Waals surface area contributed by atoms with Gasteiger partial charge in [0.15, 0.2) is 0 Å². The van der Waals surface area contributed by atoms with Crippen molar-refractivity contribution in [2.45, 2.75) is 12.8 Å². The lowest BCUT2D eigenvalue weighted by Gasteiger charge is -2.07. The molecule has 0 fully saturated rings. The van der Waals surface area contributed by atoms with Gasteiger partial charge in [-0.1, -0.05) is 52.2 Å². The Morgan fingerprint density at radius 1 is 1.04 bits per heavy atom. The van der Waals surface area contributed by atoms with E-state index >= 15 is 0 Å². The number of hydrogen-bond acceptors (Lipinski definition) is 5. The van der Waals surface area contributed by atoms with Crippen LogP contribution in [0.15, 0.2) is 42.5 Å². The molecular formula is C18H15Cl3N4O2S. The maximum atomic E-state index is 12.0. The Morgan fingerprint density at radius 2 is 1.86 bits per heavy atom. The Bertz CT molecular complexity index is 968. The second kappa shape index (κ2) is 9.93. The molecule has 1 aromatic heterocycles. The predicted octanol–water partition coefficient (Wildman–Crippen LogP) is 6.15. The zero-order valence-corrected chi connectivity index (χ0v) is 17.5. The second-order valence-corrected chi connectivity index (χ2v) is 7.96. The number of amides is 2. The summed E-state index contributed by atoms with van der Waals surface area (Å²) < 4.78 is 5.64. The van der Waals surface area contributed by atoms with Gasteiger partial charge >= 0.3 is 6.03 Å². The third-order valence-corrected chi connectivity index (χ3v) is 5.12. The van der Waals surface area contributed by atoms with Crippen LogP contribution in [0.1, 0.15) is 11.4 Å². The van der Waals surface area contributed by atoms with Crippen molar-refractivity contribution in [3.05, 3.63) is 62.5 Å². The number of hydrogen-bond donors (Lipinski definition) is 2. The summed E-state index contributed by atoms with van der Waals surface area (Å²) in [5.74, 6) is 0.586. The molecule has 0 bridgehead atoms. The summed E-state index contributed by atoms with van der Waals surface area (Å²) in [5, 5.41) is 16.2. The van der Waals surface area contributed by atoms with Crippen LogP contribution in [0.25, 0.3) is 0 Å². The van der Waals surface area contributed by atoms with Gasteiger partial charge in [-0.25, -0.2) is 4.79 Å². The lowest BCUT2D eigenvalue weighted by Crippen LogP contribution is -2.19. The van der Waals surface area contributed by atoms with Crippen LogP contribution in [0.3, 0.4) is 0 Å². The highest BCUT2D eigenvalue weighted by molar-refractivity contribution is 7.15. The van der Waals surface area contributed by atoms with Gasteiger partial charge in [0.05, 0.1) is 11.6 Å². The monoisotopic (exact) mass is 456 g/mol. The smallest absolute Gasteiger partial charge is 0.325 e. The second-order valence-electron chi connectivity index (χ2n) is 5.62. The molecule has 0 atom stereocenters. The highest BCUT2D eigenvalue weighted by atomic mass is 35.5. The fourth-order valence-corrected chi connectivity index (χ4v) is 3.66. The third-order valence-electron chi connectivity index (χ3n) is 3.46. The molecule has 2 aromatic carbocycles. The van der Waals surface area contributed by atoms with Crippen molar-refractivity contribution in [2.75, 3.05) is 17.2 Å². The topological polar surface area (TPSA) is 76.1 Å². The van der Waals surface area contributed by atoms with E-state index in [1.54, 1.807) is 42.5 Å². The van der Waals surface area contributed by atoms with Gasteiger partial charge in [0, 0.05) is 22.2 Å². The Morgan fingerprint density at radius 3 is 2.64 bits per heavy atom. The van der Waals surface area contributed by atoms with Gasteiger partial charge in [0.2, 0.25) is 5.13 Å². The fourth-order valence-electron chi connectivity index (χ4n) is 2.23. The van der Waals surface area contributed by atoms with E-state index in [9.17, 15) is 4.79 Å². The molecule has 0 radical (unpaired) electrons. The van der Waals surface area contributed by atoms with E-state index in [4.69, 9.17) is 39.5 Å². The fraction of sp³-hybridized carbons (Fsp3) is 0.167. The number of halogens is 3. The van der Waals surface area contributed by atoms with Crippen molar-refractivity contribution in [3.63, 3.8) is 0 Å². The van der Waals surface area contributed by atoms with E-state index in [0.29, 0.717) is 44.7 Å². The number of nitrogens with one attached hydrogen (secondary N) is 2. The zero-order valence-electron chi connectivity index (χ0n) is 14.4. The Balaban J connectivity index is 1.43. The summed E-state index contributed by atoms with van der Waals surface area (Å²) >= 11 is 19.1. The van der Waals surface area contributed by atoms with Crippen LogP contribution < -0.4 is 15.4 Å². The number of aryl methyl sites for hydroxylation is 1. The molecule has 3 aromatic rings. The molecule has 10 heteroatoms. The van der Waals surface area contributed by atoms with Gasteiger partial charge in [0.25, 0.3) is 0 Å². The van der Waals surface area contributed by atoms with Crippen LogP contribution in [0.2, 0.25) is 15.1 Å². The summed E-state index contributed by atoms with van der Waals surface area (Å²) in [6.45, 7) is 0.471. The maximum absolute atomic E-state index is 12.0. The first kappa shape index (κ1) is 20.7. The lowest BCUT2D eigenvalue weighted by molar-refractivity contribution is 0.262. The molecule has 0 aliphatic heterocycles. The van der Waals surface area contributed by atoms with Crippen molar-refractivity contribution in [1.82, 2.24) is 10.2 Å². The molecule has 146 valence electrons. The molecule has 1 heterocycles. The molecule has 2 amide bonds. The first-order chi connectivity index (χ1) is 13.5. The van der Waals surface area contributed by atoms with E-state index in [0.717, 1.165) is 11.4 Å². The largest absolute Gasteiger partial charge is 0.492 e. The number of urea groups is 1. The number of carbonyl (C=O) groups is 1. The third kappa shape index (κ3) is 6.24. The van der Waals surface area contributed by atoms with Gasteiger partial charge in [0.1, 0.15) is 10.8 Å². The van der Waals surface area contributed by atoms with Crippen molar-refractivity contribution in [1.29, 1.82) is 0 Å². The van der Waals surface area contributed by atoms with Gasteiger partial charge in [-0.15, -0.1) is 10.2 Å². The molecular weight excluding hydrogens is 443 g/mol. The molecule has 28 heavy (non-hydrogen) atoms. The van der Waals surface area contributed by atoms with E-state index in [1.165, 1.54) is 11.3 Å². The summed E-state index contributed by atoms with van der Waals surface area (Å²) in [6, 6.07) is 11.5. The summed E-state index contributed by atoms with van der Waals surface area (Å²) in [7, 11) is 0. The lowest BCUT2D eigenvalue weighted by atomic mass is 10.3. The Labute approximate surface area is 180 Å². The minimum Gasteiger partial charge on any atom is -0.492 e. The number of anilines is 2. The standard InChI is InChI=1S/C18H15Cl3N4O2S/c19-11-3-1-4-13(9-11)22-17(26)23-18-25-24-16(28-18)5-2-8-27-15-7-6-12(20)10-14(15)21/h1,3-4,6-7,9-10H,2,5,8H2,(H2,22,23,25,26). The van der Waals surface area contributed by atoms with E-state index < -0.39 is 6.03 Å². The molecule has 0 saturated heterocycles. The average molecular weight is 458 g/mol. The number of carbonyl (C=O) groups excluding carboxylic acids is 1. The highest BCUT2D eigenvalue weighted by Crippen LogP contribution is 2.27. The molecule has 0 saturated carbocycles. The molecule has 0 aliphatic rings. The average Bonchev–Trinajstić information content (AvgIpc) is 3.07. The summed E-state index contributed by atoms with van der Waals surface area (Å²) in [6.07, 6.45) is 1.39. The number of ether oxygens (including phenoxy) is 1. The van der Waals surface area contributed by atoms with E-state index in [-0.39, 0.29) is 0 Å². The van der Waals surface area contributed by atoms with Crippen LogP contribution >= 0.6 is 46.1 Å². The molecule has 6 nitrogen and oxygen atoms in total. The van der Waals surface area contributed by atoms with E-state index in [1.807, 2.05) is 0 Å².